The van der Waals surface area contributed by atoms with E-state index in [4.69, 9.17) is 4.74 Å². The molecule has 2 fully saturated rings. The van der Waals surface area contributed by atoms with Gasteiger partial charge in [0.1, 0.15) is 0 Å². The highest BCUT2D eigenvalue weighted by molar-refractivity contribution is 5.71. The molecule has 2 aliphatic rings. The van der Waals surface area contributed by atoms with Gasteiger partial charge in [-0.2, -0.15) is 0 Å². The van der Waals surface area contributed by atoms with E-state index in [1.807, 2.05) is 0 Å². The molecule has 1 saturated carbocycles. The monoisotopic (exact) mass is 297 g/mol. The van der Waals surface area contributed by atoms with Crippen LogP contribution in [0.3, 0.4) is 0 Å². The van der Waals surface area contributed by atoms with E-state index in [-0.39, 0.29) is 12.0 Å². The van der Waals surface area contributed by atoms with Gasteiger partial charge in [-0.1, -0.05) is 27.2 Å². The Morgan fingerprint density at radius 2 is 2.05 bits per heavy atom. The fraction of sp³-hybridized carbons (Fsp3) is 0.941. The third-order valence-corrected chi connectivity index (χ3v) is 5.29. The summed E-state index contributed by atoms with van der Waals surface area (Å²) in [5.41, 5.74) is 0.436. The molecule has 4 heteroatoms. The molecule has 122 valence electrons. The highest BCUT2D eigenvalue weighted by Gasteiger charge is 2.40. The van der Waals surface area contributed by atoms with Gasteiger partial charge in [-0.3, -0.25) is 9.69 Å². The summed E-state index contributed by atoms with van der Waals surface area (Å²) in [5, 5.41) is 9.43. The van der Waals surface area contributed by atoms with Gasteiger partial charge < -0.3 is 9.84 Å². The number of ether oxygens (including phenoxy) is 1. The van der Waals surface area contributed by atoms with Crippen LogP contribution in [0, 0.1) is 11.3 Å². The first-order valence-corrected chi connectivity index (χ1v) is 8.51. The largest absolute Gasteiger partial charge is 0.481 e. The van der Waals surface area contributed by atoms with Crippen LogP contribution in [-0.2, 0) is 9.53 Å². The molecule has 2 rings (SSSR count). The predicted octanol–water partition coefficient (Wildman–Crippen LogP) is 3.16. The van der Waals surface area contributed by atoms with Crippen LogP contribution in [0.4, 0.5) is 0 Å². The van der Waals surface area contributed by atoms with Crippen molar-refractivity contribution in [2.75, 3.05) is 19.8 Å². The van der Waals surface area contributed by atoms with Gasteiger partial charge in [0.15, 0.2) is 0 Å². The van der Waals surface area contributed by atoms with Crippen molar-refractivity contribution < 1.29 is 14.6 Å². The molecular weight excluding hydrogens is 266 g/mol. The minimum atomic E-state index is -0.701. The lowest BCUT2D eigenvalue weighted by atomic mass is 9.85. The van der Waals surface area contributed by atoms with Crippen LogP contribution in [0.2, 0.25) is 0 Å². The second-order valence-corrected chi connectivity index (χ2v) is 7.54. The van der Waals surface area contributed by atoms with Crippen molar-refractivity contribution in [1.29, 1.82) is 0 Å². The first kappa shape index (κ1) is 16.8. The number of hydrogen-bond donors (Lipinski definition) is 1. The van der Waals surface area contributed by atoms with Crippen molar-refractivity contribution in [3.8, 4) is 0 Å². The molecule has 3 atom stereocenters. The van der Waals surface area contributed by atoms with E-state index >= 15 is 0 Å². The lowest BCUT2D eigenvalue weighted by molar-refractivity contribution is -0.143. The predicted molar refractivity (Wildman–Crippen MR) is 83.4 cm³/mol. The van der Waals surface area contributed by atoms with Crippen LogP contribution in [0.25, 0.3) is 0 Å². The number of carbonyl (C=O) groups is 1. The number of hydrogen-bond acceptors (Lipinski definition) is 3. The van der Waals surface area contributed by atoms with Gasteiger partial charge in [0, 0.05) is 12.1 Å². The summed E-state index contributed by atoms with van der Waals surface area (Å²) in [6.07, 6.45) is 7.24. The third kappa shape index (κ3) is 4.19. The zero-order valence-corrected chi connectivity index (χ0v) is 13.8. The van der Waals surface area contributed by atoms with Gasteiger partial charge in [0.05, 0.1) is 19.1 Å². The van der Waals surface area contributed by atoms with Crippen LogP contribution < -0.4 is 0 Å². The summed E-state index contributed by atoms with van der Waals surface area (Å²) in [4.78, 5) is 13.9. The zero-order valence-electron chi connectivity index (χ0n) is 13.8. The molecule has 0 bridgehead atoms. The Bertz CT molecular complexity index is 356. The summed E-state index contributed by atoms with van der Waals surface area (Å²) in [6.45, 7) is 8.84. The van der Waals surface area contributed by atoms with Crippen LogP contribution in [0.15, 0.2) is 0 Å². The van der Waals surface area contributed by atoms with Crippen molar-refractivity contribution in [2.24, 2.45) is 11.3 Å². The maximum atomic E-state index is 11.5. The number of aliphatic carboxylic acids is 1. The number of nitrogens with zero attached hydrogens (tertiary/aromatic N) is 1. The lowest BCUT2D eigenvalue weighted by Crippen LogP contribution is -2.49. The van der Waals surface area contributed by atoms with Crippen LogP contribution in [0.5, 0.6) is 0 Å². The summed E-state index contributed by atoms with van der Waals surface area (Å²) in [6, 6.07) is 0.592. The Hall–Kier alpha value is -0.610. The Morgan fingerprint density at radius 1 is 1.29 bits per heavy atom. The fourth-order valence-corrected chi connectivity index (χ4v) is 3.96. The average Bonchev–Trinajstić information content (AvgIpc) is 2.82. The van der Waals surface area contributed by atoms with Gasteiger partial charge in [-0.25, -0.2) is 0 Å². The molecule has 3 unspecified atom stereocenters. The minimum Gasteiger partial charge on any atom is -0.481 e. The maximum absolute atomic E-state index is 11.5. The first-order chi connectivity index (χ1) is 9.94. The fourth-order valence-electron chi connectivity index (χ4n) is 3.96. The van der Waals surface area contributed by atoms with Gasteiger partial charge in [-0.15, -0.1) is 0 Å². The number of rotatable bonds is 5. The summed E-state index contributed by atoms with van der Waals surface area (Å²) < 4.78 is 5.50. The highest BCUT2D eigenvalue weighted by atomic mass is 16.5. The number of carboxylic acid groups (broad SMARTS) is 1. The van der Waals surface area contributed by atoms with Crippen LogP contribution >= 0.6 is 0 Å². The summed E-state index contributed by atoms with van der Waals surface area (Å²) >= 11 is 0. The maximum Gasteiger partial charge on any atom is 0.310 e. The topological polar surface area (TPSA) is 49.8 Å². The van der Waals surface area contributed by atoms with E-state index in [1.54, 1.807) is 0 Å². The van der Waals surface area contributed by atoms with Crippen LogP contribution in [0.1, 0.15) is 59.3 Å². The van der Waals surface area contributed by atoms with Crippen molar-refractivity contribution in [1.82, 2.24) is 4.90 Å². The molecule has 1 aliphatic heterocycles. The smallest absolute Gasteiger partial charge is 0.310 e. The highest BCUT2D eigenvalue weighted by Crippen LogP contribution is 2.37. The standard InChI is InChI=1S/C17H31NO3/c1-4-10-18(15-12-21-11-14(15)16(19)20)13-6-5-8-17(2,3)9-7-13/h13-15H,4-12H2,1-3H3,(H,19,20). The summed E-state index contributed by atoms with van der Waals surface area (Å²) in [5.74, 6) is -1.06. The van der Waals surface area contributed by atoms with Crippen molar-refractivity contribution in [2.45, 2.75) is 71.4 Å². The van der Waals surface area contributed by atoms with Gasteiger partial charge >= 0.3 is 5.97 Å². The molecule has 0 radical (unpaired) electrons. The van der Waals surface area contributed by atoms with E-state index < -0.39 is 5.97 Å². The molecule has 21 heavy (non-hydrogen) atoms. The van der Waals surface area contributed by atoms with Crippen molar-refractivity contribution in [3.05, 3.63) is 0 Å². The molecule has 1 aliphatic carbocycles. The van der Waals surface area contributed by atoms with Gasteiger partial charge in [0.2, 0.25) is 0 Å². The Balaban J connectivity index is 2.09. The van der Waals surface area contributed by atoms with Crippen LogP contribution in [-0.4, -0.2) is 47.8 Å². The second-order valence-electron chi connectivity index (χ2n) is 7.54. The zero-order chi connectivity index (χ0) is 15.5. The molecule has 4 nitrogen and oxygen atoms in total. The molecule has 0 spiro atoms. The van der Waals surface area contributed by atoms with E-state index in [0.717, 1.165) is 13.0 Å². The second kappa shape index (κ2) is 7.10. The van der Waals surface area contributed by atoms with Gasteiger partial charge in [0.25, 0.3) is 0 Å². The van der Waals surface area contributed by atoms with E-state index in [2.05, 4.69) is 25.7 Å². The third-order valence-electron chi connectivity index (χ3n) is 5.29. The van der Waals surface area contributed by atoms with E-state index in [1.165, 1.54) is 32.1 Å². The minimum absolute atomic E-state index is 0.0636. The molecule has 1 heterocycles. The molecule has 0 amide bonds. The van der Waals surface area contributed by atoms with Crippen molar-refractivity contribution >= 4 is 5.97 Å². The SMILES string of the molecule is CCCN(C1CCCC(C)(C)CC1)C1COCC1C(=O)O. The molecule has 0 aromatic rings. The molecule has 1 N–H and O–H groups in total. The molecular formula is C17H31NO3. The average molecular weight is 297 g/mol. The molecule has 0 aromatic carbocycles. The first-order valence-electron chi connectivity index (χ1n) is 8.51. The Kier molecular flexibility index (Phi) is 5.67. The van der Waals surface area contributed by atoms with E-state index in [0.29, 0.717) is 24.7 Å². The van der Waals surface area contributed by atoms with Crippen molar-refractivity contribution in [3.63, 3.8) is 0 Å². The molecule has 1 saturated heterocycles. The quantitative estimate of drug-likeness (QED) is 0.792. The van der Waals surface area contributed by atoms with E-state index in [9.17, 15) is 9.90 Å². The summed E-state index contributed by atoms with van der Waals surface area (Å²) in [7, 11) is 0. The number of carboxylic acids is 1. The Morgan fingerprint density at radius 3 is 2.71 bits per heavy atom. The lowest BCUT2D eigenvalue weighted by Gasteiger charge is -2.37. The molecule has 0 aromatic heterocycles. The van der Waals surface area contributed by atoms with Gasteiger partial charge in [-0.05, 0) is 44.1 Å². The normalized spacial score (nSPS) is 33.0. The Labute approximate surface area is 128 Å².